The van der Waals surface area contributed by atoms with Crippen LogP contribution in [0.4, 0.5) is 5.69 Å². The number of sulfonamides is 1. The number of amides is 1. The van der Waals surface area contributed by atoms with Crippen molar-refractivity contribution < 1.29 is 13.2 Å². The molecule has 0 unspecified atom stereocenters. The molecule has 132 valence electrons. The molecule has 1 saturated heterocycles. The first-order valence-electron chi connectivity index (χ1n) is 8.43. The van der Waals surface area contributed by atoms with Crippen LogP contribution in [0.2, 0.25) is 0 Å². The van der Waals surface area contributed by atoms with Crippen LogP contribution in [0, 0.1) is 0 Å². The number of nitrogens with zero attached hydrogens (tertiary/aromatic N) is 2. The Bertz CT molecular complexity index is 827. The van der Waals surface area contributed by atoms with Crippen molar-refractivity contribution in [2.45, 2.75) is 24.2 Å². The number of hydrogen-bond acceptors (Lipinski definition) is 3. The van der Waals surface area contributed by atoms with Crippen LogP contribution in [-0.2, 0) is 10.0 Å². The van der Waals surface area contributed by atoms with Crippen LogP contribution in [-0.4, -0.2) is 38.8 Å². The molecule has 6 heteroatoms. The van der Waals surface area contributed by atoms with Crippen molar-refractivity contribution in [1.82, 2.24) is 4.31 Å². The van der Waals surface area contributed by atoms with Gasteiger partial charge in [-0.05, 0) is 49.2 Å². The van der Waals surface area contributed by atoms with E-state index in [4.69, 9.17) is 0 Å². The van der Waals surface area contributed by atoms with Gasteiger partial charge < -0.3 is 4.90 Å². The lowest BCUT2D eigenvalue weighted by Gasteiger charge is -2.26. The minimum atomic E-state index is -3.47. The molecule has 0 aromatic heterocycles. The van der Waals surface area contributed by atoms with E-state index in [0.717, 1.165) is 24.9 Å². The Morgan fingerprint density at radius 1 is 0.920 bits per heavy atom. The third-order valence-electron chi connectivity index (χ3n) is 4.50. The maximum absolute atomic E-state index is 12.7. The first kappa shape index (κ1) is 17.6. The zero-order valence-corrected chi connectivity index (χ0v) is 15.1. The number of anilines is 1. The fraction of sp³-hybridized carbons (Fsp3) is 0.316. The predicted molar refractivity (Wildman–Crippen MR) is 98.2 cm³/mol. The van der Waals surface area contributed by atoms with Crippen molar-refractivity contribution in [3.05, 3.63) is 60.2 Å². The molecule has 0 saturated carbocycles. The van der Waals surface area contributed by atoms with Gasteiger partial charge >= 0.3 is 0 Å². The molecule has 0 radical (unpaired) electrons. The molecular formula is C19H22N2O3S. The predicted octanol–water partition coefficient (Wildman–Crippen LogP) is 3.14. The van der Waals surface area contributed by atoms with Gasteiger partial charge in [0.05, 0.1) is 4.90 Å². The zero-order chi connectivity index (χ0) is 17.9. The maximum Gasteiger partial charge on any atom is 0.258 e. The molecule has 0 N–H and O–H groups in total. The van der Waals surface area contributed by atoms with Crippen molar-refractivity contribution >= 4 is 21.6 Å². The summed E-state index contributed by atoms with van der Waals surface area (Å²) in [5.41, 5.74) is 1.25. The van der Waals surface area contributed by atoms with E-state index >= 15 is 0 Å². The highest BCUT2D eigenvalue weighted by atomic mass is 32.2. The Morgan fingerprint density at radius 3 is 2.12 bits per heavy atom. The molecule has 5 nitrogen and oxygen atoms in total. The van der Waals surface area contributed by atoms with Crippen LogP contribution in [0.5, 0.6) is 0 Å². The second-order valence-corrected chi connectivity index (χ2v) is 8.13. The van der Waals surface area contributed by atoms with Gasteiger partial charge in [-0.15, -0.1) is 0 Å². The summed E-state index contributed by atoms with van der Waals surface area (Å²) in [5, 5.41) is 0. The third kappa shape index (κ3) is 3.75. The lowest BCUT2D eigenvalue weighted by molar-refractivity contribution is 0.0993. The van der Waals surface area contributed by atoms with Crippen molar-refractivity contribution in [2.24, 2.45) is 0 Å². The number of piperidine rings is 1. The molecule has 0 atom stereocenters. The van der Waals surface area contributed by atoms with Gasteiger partial charge in [-0.25, -0.2) is 8.42 Å². The number of carbonyl (C=O) groups excluding carboxylic acids is 1. The van der Waals surface area contributed by atoms with E-state index in [0.29, 0.717) is 18.7 Å². The van der Waals surface area contributed by atoms with E-state index in [2.05, 4.69) is 0 Å². The summed E-state index contributed by atoms with van der Waals surface area (Å²) in [4.78, 5) is 14.4. The van der Waals surface area contributed by atoms with E-state index in [1.807, 2.05) is 30.3 Å². The molecule has 1 amide bonds. The molecule has 0 spiro atoms. The van der Waals surface area contributed by atoms with Crippen molar-refractivity contribution in [3.63, 3.8) is 0 Å². The Balaban J connectivity index is 1.79. The highest BCUT2D eigenvalue weighted by Gasteiger charge is 2.26. The fourth-order valence-electron chi connectivity index (χ4n) is 2.99. The molecule has 3 rings (SSSR count). The lowest BCUT2D eigenvalue weighted by atomic mass is 10.2. The standard InChI is InChI=1S/C19H22N2O3S/c1-20(17-8-4-2-5-9-17)19(22)16-10-12-18(13-11-16)25(23,24)21-14-6-3-7-15-21/h2,4-5,8-13H,3,6-7,14-15H2,1H3. The first-order chi connectivity index (χ1) is 12.0. The van der Waals surface area contributed by atoms with Gasteiger partial charge in [-0.1, -0.05) is 24.6 Å². The number of rotatable bonds is 4. The molecule has 1 heterocycles. The minimum Gasteiger partial charge on any atom is -0.311 e. The van der Waals surface area contributed by atoms with Gasteiger partial charge in [-0.2, -0.15) is 4.31 Å². The quantitative estimate of drug-likeness (QED) is 0.844. The van der Waals surface area contributed by atoms with Gasteiger partial charge in [0.25, 0.3) is 5.91 Å². The molecule has 0 bridgehead atoms. The van der Waals surface area contributed by atoms with Crippen LogP contribution in [0.15, 0.2) is 59.5 Å². The number of benzene rings is 2. The van der Waals surface area contributed by atoms with Crippen molar-refractivity contribution in [2.75, 3.05) is 25.0 Å². The molecule has 0 aliphatic carbocycles. The van der Waals surface area contributed by atoms with Gasteiger partial charge in [0.1, 0.15) is 0 Å². The van der Waals surface area contributed by atoms with E-state index in [9.17, 15) is 13.2 Å². The normalized spacial score (nSPS) is 15.7. The summed E-state index contributed by atoms with van der Waals surface area (Å²) in [7, 11) is -1.76. The van der Waals surface area contributed by atoms with E-state index in [-0.39, 0.29) is 10.8 Å². The minimum absolute atomic E-state index is 0.173. The Kier molecular flexibility index (Phi) is 5.20. The molecule has 25 heavy (non-hydrogen) atoms. The summed E-state index contributed by atoms with van der Waals surface area (Å²) in [6, 6.07) is 15.5. The van der Waals surface area contributed by atoms with Gasteiger partial charge in [0.2, 0.25) is 10.0 Å². The Morgan fingerprint density at radius 2 is 1.52 bits per heavy atom. The number of para-hydroxylation sites is 1. The number of hydrogen-bond donors (Lipinski definition) is 0. The van der Waals surface area contributed by atoms with E-state index in [1.54, 1.807) is 24.1 Å². The second kappa shape index (κ2) is 7.37. The summed E-state index contributed by atoms with van der Waals surface area (Å²) < 4.78 is 26.8. The summed E-state index contributed by atoms with van der Waals surface area (Å²) in [6.07, 6.45) is 2.88. The highest BCUT2D eigenvalue weighted by Crippen LogP contribution is 2.22. The summed E-state index contributed by atoms with van der Waals surface area (Å²) >= 11 is 0. The molecule has 1 aliphatic rings. The zero-order valence-electron chi connectivity index (χ0n) is 14.3. The SMILES string of the molecule is CN(C(=O)c1ccc(S(=O)(=O)N2CCCCC2)cc1)c1ccccc1. The largest absolute Gasteiger partial charge is 0.311 e. The monoisotopic (exact) mass is 358 g/mol. The van der Waals surface area contributed by atoms with Gasteiger partial charge in [-0.3, -0.25) is 4.79 Å². The van der Waals surface area contributed by atoms with Crippen molar-refractivity contribution in [3.8, 4) is 0 Å². The van der Waals surface area contributed by atoms with Gasteiger partial charge in [0, 0.05) is 31.4 Å². The smallest absolute Gasteiger partial charge is 0.258 e. The Hall–Kier alpha value is -2.18. The van der Waals surface area contributed by atoms with Crippen molar-refractivity contribution in [1.29, 1.82) is 0 Å². The van der Waals surface area contributed by atoms with Crippen LogP contribution < -0.4 is 4.90 Å². The van der Waals surface area contributed by atoms with E-state index < -0.39 is 10.0 Å². The highest BCUT2D eigenvalue weighted by molar-refractivity contribution is 7.89. The fourth-order valence-corrected chi connectivity index (χ4v) is 4.50. The van der Waals surface area contributed by atoms with Crippen LogP contribution in [0.3, 0.4) is 0 Å². The second-order valence-electron chi connectivity index (χ2n) is 6.19. The lowest BCUT2D eigenvalue weighted by Crippen LogP contribution is -2.35. The summed E-state index contributed by atoms with van der Waals surface area (Å²) in [5.74, 6) is -0.173. The topological polar surface area (TPSA) is 57.7 Å². The Labute approximate surface area is 148 Å². The van der Waals surface area contributed by atoms with Gasteiger partial charge in [0.15, 0.2) is 0 Å². The number of carbonyl (C=O) groups is 1. The summed E-state index contributed by atoms with van der Waals surface area (Å²) in [6.45, 7) is 1.14. The van der Waals surface area contributed by atoms with E-state index in [1.165, 1.54) is 16.4 Å². The molecule has 1 aliphatic heterocycles. The van der Waals surface area contributed by atoms with Crippen LogP contribution >= 0.6 is 0 Å². The average molecular weight is 358 g/mol. The first-order valence-corrected chi connectivity index (χ1v) is 9.87. The van der Waals surface area contributed by atoms with Crippen LogP contribution in [0.1, 0.15) is 29.6 Å². The maximum atomic E-state index is 12.7. The molecular weight excluding hydrogens is 336 g/mol. The molecule has 2 aromatic rings. The molecule has 1 fully saturated rings. The average Bonchev–Trinajstić information content (AvgIpc) is 2.68. The van der Waals surface area contributed by atoms with Crippen LogP contribution in [0.25, 0.3) is 0 Å². The molecule has 2 aromatic carbocycles. The third-order valence-corrected chi connectivity index (χ3v) is 6.42.